The summed E-state index contributed by atoms with van der Waals surface area (Å²) in [5.74, 6) is -1.73. The lowest BCUT2D eigenvalue weighted by Crippen LogP contribution is -2.14. The molecule has 3 N–H and O–H groups in total. The summed E-state index contributed by atoms with van der Waals surface area (Å²) >= 11 is 5.67. The third-order valence-electron chi connectivity index (χ3n) is 1.96. The molecule has 4 nitrogen and oxygen atoms in total. The molecule has 0 spiro atoms. The zero-order valence-corrected chi connectivity index (χ0v) is 9.25. The molecule has 1 aromatic rings. The third-order valence-corrected chi connectivity index (χ3v) is 2.21. The summed E-state index contributed by atoms with van der Waals surface area (Å²) in [4.78, 5) is 10.8. The Morgan fingerprint density at radius 3 is 2.12 bits per heavy atom. The largest absolute Gasteiger partial charge is 0.512 e. The van der Waals surface area contributed by atoms with Gasteiger partial charge in [-0.05, 0) is 19.1 Å². The first-order valence-electron chi connectivity index (χ1n) is 4.41. The molecule has 16 heavy (non-hydrogen) atoms. The molecule has 0 fully saturated rings. The smallest absolute Gasteiger partial charge is 0.341 e. The van der Waals surface area contributed by atoms with Crippen molar-refractivity contribution in [3.63, 3.8) is 0 Å². The SMILES string of the molecule is C/C(O)=C(\C(=N)c1ccc(Cl)cc1)C(=O)O. The van der Waals surface area contributed by atoms with Crippen LogP contribution < -0.4 is 0 Å². The molecule has 0 unspecified atom stereocenters. The lowest BCUT2D eigenvalue weighted by molar-refractivity contribution is -0.132. The van der Waals surface area contributed by atoms with Crippen LogP contribution in [-0.4, -0.2) is 21.9 Å². The lowest BCUT2D eigenvalue weighted by Gasteiger charge is -2.06. The molecule has 0 bridgehead atoms. The molecule has 0 aromatic heterocycles. The van der Waals surface area contributed by atoms with Crippen molar-refractivity contribution in [3.8, 4) is 0 Å². The van der Waals surface area contributed by atoms with Crippen molar-refractivity contribution in [1.82, 2.24) is 0 Å². The Morgan fingerprint density at radius 2 is 1.75 bits per heavy atom. The van der Waals surface area contributed by atoms with Crippen molar-refractivity contribution in [3.05, 3.63) is 46.2 Å². The average Bonchev–Trinajstić information content (AvgIpc) is 2.17. The first-order valence-corrected chi connectivity index (χ1v) is 4.79. The number of hydrogen-bond acceptors (Lipinski definition) is 3. The second kappa shape index (κ2) is 4.81. The van der Waals surface area contributed by atoms with Crippen molar-refractivity contribution in [2.24, 2.45) is 0 Å². The van der Waals surface area contributed by atoms with E-state index in [-0.39, 0.29) is 5.71 Å². The van der Waals surface area contributed by atoms with Crippen molar-refractivity contribution in [2.45, 2.75) is 6.92 Å². The fourth-order valence-electron chi connectivity index (χ4n) is 1.20. The van der Waals surface area contributed by atoms with Crippen LogP contribution in [0.15, 0.2) is 35.6 Å². The Balaban J connectivity index is 3.16. The predicted molar refractivity (Wildman–Crippen MR) is 61.2 cm³/mol. The molecule has 0 aliphatic carbocycles. The van der Waals surface area contributed by atoms with E-state index in [1.54, 1.807) is 12.1 Å². The summed E-state index contributed by atoms with van der Waals surface area (Å²) in [5, 5.41) is 26.2. The molecule has 0 amide bonds. The molecule has 0 radical (unpaired) electrons. The van der Waals surface area contributed by atoms with E-state index in [9.17, 15) is 9.90 Å². The Kier molecular flexibility index (Phi) is 3.68. The van der Waals surface area contributed by atoms with Crippen LogP contribution >= 0.6 is 11.6 Å². The van der Waals surface area contributed by atoms with E-state index < -0.39 is 17.3 Å². The van der Waals surface area contributed by atoms with E-state index in [4.69, 9.17) is 22.1 Å². The van der Waals surface area contributed by atoms with Crippen LogP contribution in [0.5, 0.6) is 0 Å². The van der Waals surface area contributed by atoms with Crippen LogP contribution in [0.2, 0.25) is 5.02 Å². The summed E-state index contributed by atoms with van der Waals surface area (Å²) in [6, 6.07) is 6.16. The second-order valence-electron chi connectivity index (χ2n) is 3.15. The molecule has 5 heteroatoms. The van der Waals surface area contributed by atoms with Crippen molar-refractivity contribution >= 4 is 23.3 Å². The van der Waals surface area contributed by atoms with Gasteiger partial charge in [0, 0.05) is 10.6 Å². The number of halogens is 1. The first-order chi connectivity index (χ1) is 7.43. The highest BCUT2D eigenvalue weighted by molar-refractivity contribution is 6.31. The maximum absolute atomic E-state index is 10.8. The van der Waals surface area contributed by atoms with Gasteiger partial charge < -0.3 is 10.2 Å². The molecule has 0 aliphatic rings. The van der Waals surface area contributed by atoms with Gasteiger partial charge in [-0.15, -0.1) is 0 Å². The highest BCUT2D eigenvalue weighted by Gasteiger charge is 2.18. The predicted octanol–water partition coefficient (Wildman–Crippen LogP) is 2.62. The number of carboxylic acid groups (broad SMARTS) is 1. The molecule has 0 aliphatic heterocycles. The van der Waals surface area contributed by atoms with Gasteiger partial charge in [-0.1, -0.05) is 23.7 Å². The van der Waals surface area contributed by atoms with Gasteiger partial charge in [-0.3, -0.25) is 5.41 Å². The molecule has 84 valence electrons. The minimum Gasteiger partial charge on any atom is -0.512 e. The normalized spacial score (nSPS) is 11.9. The van der Waals surface area contributed by atoms with E-state index >= 15 is 0 Å². The third kappa shape index (κ3) is 2.61. The number of carboxylic acids is 1. The summed E-state index contributed by atoms with van der Waals surface area (Å²) in [6.45, 7) is 1.23. The van der Waals surface area contributed by atoms with Crippen molar-refractivity contribution < 1.29 is 15.0 Å². The Labute approximate surface area is 97.3 Å². The van der Waals surface area contributed by atoms with E-state index in [0.29, 0.717) is 10.6 Å². The Morgan fingerprint density at radius 1 is 1.25 bits per heavy atom. The van der Waals surface area contributed by atoms with Crippen LogP contribution in [0.25, 0.3) is 0 Å². The van der Waals surface area contributed by atoms with Gasteiger partial charge in [-0.25, -0.2) is 4.79 Å². The lowest BCUT2D eigenvalue weighted by atomic mass is 10.0. The molecule has 1 aromatic carbocycles. The Bertz CT molecular complexity index is 459. The van der Waals surface area contributed by atoms with Gasteiger partial charge in [0.2, 0.25) is 0 Å². The Hall–Kier alpha value is -1.81. The van der Waals surface area contributed by atoms with E-state index in [2.05, 4.69) is 0 Å². The number of benzene rings is 1. The topological polar surface area (TPSA) is 81.4 Å². The molecule has 0 heterocycles. The maximum Gasteiger partial charge on any atom is 0.341 e. The summed E-state index contributed by atoms with van der Waals surface area (Å²) < 4.78 is 0. The standard InChI is InChI=1S/C11H10ClNO3/c1-6(14)9(11(15)16)10(13)7-2-4-8(12)5-3-7/h2-5,13-14H,1H3,(H,15,16)/b9-6-,13-10?. The second-order valence-corrected chi connectivity index (χ2v) is 3.58. The van der Waals surface area contributed by atoms with Gasteiger partial charge in [0.15, 0.2) is 0 Å². The van der Waals surface area contributed by atoms with Crippen LogP contribution in [0.1, 0.15) is 12.5 Å². The first kappa shape index (κ1) is 12.3. The number of nitrogens with one attached hydrogen (secondary N) is 1. The average molecular weight is 240 g/mol. The van der Waals surface area contributed by atoms with Gasteiger partial charge in [0.1, 0.15) is 11.3 Å². The summed E-state index contributed by atoms with van der Waals surface area (Å²) in [6.07, 6.45) is 0. The zero-order valence-electron chi connectivity index (χ0n) is 8.49. The molecule has 1 rings (SSSR count). The van der Waals surface area contributed by atoms with E-state index in [1.807, 2.05) is 0 Å². The van der Waals surface area contributed by atoms with Crippen LogP contribution in [0.4, 0.5) is 0 Å². The number of hydrogen-bond donors (Lipinski definition) is 3. The van der Waals surface area contributed by atoms with Crippen molar-refractivity contribution in [2.75, 3.05) is 0 Å². The van der Waals surface area contributed by atoms with Gasteiger partial charge >= 0.3 is 5.97 Å². The van der Waals surface area contributed by atoms with Gasteiger partial charge in [0.25, 0.3) is 0 Å². The minimum atomic E-state index is -1.33. The zero-order chi connectivity index (χ0) is 12.3. The van der Waals surface area contributed by atoms with Gasteiger partial charge in [-0.2, -0.15) is 0 Å². The monoisotopic (exact) mass is 239 g/mol. The fraction of sp³-hybridized carbons (Fsp3) is 0.0909. The minimum absolute atomic E-state index is 0.246. The molecule has 0 atom stereocenters. The number of aliphatic hydroxyl groups excluding tert-OH is 1. The fourth-order valence-corrected chi connectivity index (χ4v) is 1.33. The summed E-state index contributed by atoms with van der Waals surface area (Å²) in [7, 11) is 0. The summed E-state index contributed by atoms with van der Waals surface area (Å²) in [5.41, 5.74) is -0.276. The molecular weight excluding hydrogens is 230 g/mol. The highest BCUT2D eigenvalue weighted by atomic mass is 35.5. The maximum atomic E-state index is 10.8. The molecular formula is C11H10ClNO3. The van der Waals surface area contributed by atoms with Crippen LogP contribution in [-0.2, 0) is 4.79 Å². The number of rotatable bonds is 3. The van der Waals surface area contributed by atoms with E-state index in [1.165, 1.54) is 19.1 Å². The van der Waals surface area contributed by atoms with Gasteiger partial charge in [0.05, 0.1) is 5.71 Å². The van der Waals surface area contributed by atoms with Crippen molar-refractivity contribution in [1.29, 1.82) is 5.41 Å². The van der Waals surface area contributed by atoms with Crippen LogP contribution in [0, 0.1) is 5.41 Å². The number of allylic oxidation sites excluding steroid dienone is 1. The molecule has 0 saturated heterocycles. The number of aliphatic carboxylic acids is 1. The number of carbonyl (C=O) groups is 1. The van der Waals surface area contributed by atoms with Crippen LogP contribution in [0.3, 0.4) is 0 Å². The highest BCUT2D eigenvalue weighted by Crippen LogP contribution is 2.15. The van der Waals surface area contributed by atoms with E-state index in [0.717, 1.165) is 0 Å². The number of aliphatic hydroxyl groups is 1. The molecule has 0 saturated carbocycles. The quantitative estimate of drug-likeness (QED) is 0.431.